The summed E-state index contributed by atoms with van der Waals surface area (Å²) in [4.78, 5) is 17.7. The van der Waals surface area contributed by atoms with Gasteiger partial charge in [-0.3, -0.25) is 9.78 Å². The van der Waals surface area contributed by atoms with Crippen molar-refractivity contribution < 1.29 is 4.79 Å². The molecule has 3 aromatic rings. The molecule has 2 heterocycles. The fourth-order valence-electron chi connectivity index (χ4n) is 3.44. The highest BCUT2D eigenvalue weighted by molar-refractivity contribution is 7.98. The Bertz CT molecular complexity index is 974. The van der Waals surface area contributed by atoms with Crippen LogP contribution < -0.4 is 5.32 Å². The molecule has 5 heteroatoms. The van der Waals surface area contributed by atoms with Gasteiger partial charge in [-0.25, -0.2) is 0 Å². The maximum atomic E-state index is 12.5. The molecule has 0 unspecified atom stereocenters. The molecule has 150 valence electrons. The topological polar surface area (TPSA) is 42.0 Å². The minimum absolute atomic E-state index is 0. The Labute approximate surface area is 181 Å². The molecule has 0 spiro atoms. The smallest absolute Gasteiger partial charge is 0.193 e. The first-order valence-corrected chi connectivity index (χ1v) is 10.8. The van der Waals surface area contributed by atoms with Crippen LogP contribution in [0.5, 0.6) is 0 Å². The van der Waals surface area contributed by atoms with Crippen LogP contribution in [0.2, 0.25) is 5.02 Å². The number of hydrogen-bond acceptors (Lipinski definition) is 4. The highest BCUT2D eigenvalue weighted by Crippen LogP contribution is 2.36. The Hall–Kier alpha value is -2.14. The molecule has 0 atom stereocenters. The van der Waals surface area contributed by atoms with E-state index in [-0.39, 0.29) is 13.2 Å². The van der Waals surface area contributed by atoms with Crippen molar-refractivity contribution in [2.24, 2.45) is 0 Å². The largest absolute Gasteiger partial charge is 0.316 e. The van der Waals surface area contributed by atoms with E-state index in [0.29, 0.717) is 11.1 Å². The number of nitrogens with one attached hydrogen (secondary N) is 1. The monoisotopic (exact) mass is 424 g/mol. The summed E-state index contributed by atoms with van der Waals surface area (Å²) in [6.07, 6.45) is 5.34. The van der Waals surface area contributed by atoms with Crippen LogP contribution in [-0.2, 0) is 18.6 Å². The van der Waals surface area contributed by atoms with Crippen LogP contribution >= 0.6 is 23.4 Å². The molecule has 1 aliphatic heterocycles. The second kappa shape index (κ2) is 10.1. The van der Waals surface area contributed by atoms with E-state index in [1.807, 2.05) is 30.3 Å². The Morgan fingerprint density at radius 1 is 0.966 bits per heavy atom. The molecular weight excluding hydrogens is 400 g/mol. The van der Waals surface area contributed by atoms with E-state index < -0.39 is 0 Å². The summed E-state index contributed by atoms with van der Waals surface area (Å²) < 4.78 is 0. The zero-order chi connectivity index (χ0) is 19.3. The molecule has 1 aromatic heterocycles. The molecule has 0 radical (unpaired) electrons. The second-order valence-electron chi connectivity index (χ2n) is 6.81. The third-order valence-corrected chi connectivity index (χ3v) is 6.63. The van der Waals surface area contributed by atoms with Crippen LogP contribution in [0.1, 0.15) is 40.0 Å². The number of ketones is 1. The third-order valence-electron chi connectivity index (χ3n) is 4.97. The van der Waals surface area contributed by atoms with E-state index in [1.165, 1.54) is 21.6 Å². The average Bonchev–Trinajstić information content (AvgIpc) is 2.99. The fourth-order valence-corrected chi connectivity index (χ4v) is 4.90. The number of nitrogens with zero attached hydrogens (tertiary/aromatic N) is 1. The molecule has 0 aliphatic carbocycles. The maximum absolute atomic E-state index is 12.5. The molecule has 0 saturated carbocycles. The first-order valence-electron chi connectivity index (χ1n) is 9.40. The zero-order valence-corrected chi connectivity index (χ0v) is 17.0. The summed E-state index contributed by atoms with van der Waals surface area (Å²) in [6, 6.07) is 15.5. The minimum atomic E-state index is 0. The predicted octanol–water partition coefficient (Wildman–Crippen LogP) is 5.58. The molecule has 0 amide bonds. The number of carbonyl (C=O) groups is 1. The van der Waals surface area contributed by atoms with Crippen molar-refractivity contribution in [1.29, 1.82) is 0 Å². The van der Waals surface area contributed by atoms with Crippen molar-refractivity contribution >= 4 is 29.1 Å². The van der Waals surface area contributed by atoms with Gasteiger partial charge in [0.1, 0.15) is 0 Å². The molecule has 1 aliphatic rings. The van der Waals surface area contributed by atoms with Crippen LogP contribution in [0.15, 0.2) is 65.8 Å². The number of carbonyl (C=O) groups excluding carboxylic acids is 1. The van der Waals surface area contributed by atoms with Crippen molar-refractivity contribution in [2.45, 2.75) is 30.9 Å². The van der Waals surface area contributed by atoms with Crippen molar-refractivity contribution in [3.05, 3.63) is 93.8 Å². The van der Waals surface area contributed by atoms with Crippen LogP contribution in [-0.4, -0.2) is 23.9 Å². The average molecular weight is 425 g/mol. The summed E-state index contributed by atoms with van der Waals surface area (Å²) in [7, 11) is 0. The SMILES string of the molecule is C.O=C(c1ccncc1)c1ccc(CSc2c(Cl)ccc3c2CCNCC3)cc1. The van der Waals surface area contributed by atoms with Crippen molar-refractivity contribution in [1.82, 2.24) is 10.3 Å². The van der Waals surface area contributed by atoms with Crippen LogP contribution in [0.25, 0.3) is 0 Å². The highest BCUT2D eigenvalue weighted by Gasteiger charge is 2.15. The van der Waals surface area contributed by atoms with Crippen LogP contribution in [0.3, 0.4) is 0 Å². The summed E-state index contributed by atoms with van der Waals surface area (Å²) in [5, 5.41) is 4.29. The lowest BCUT2D eigenvalue weighted by Crippen LogP contribution is -2.16. The number of pyridine rings is 1. The first kappa shape index (κ1) is 21.6. The number of aromatic nitrogens is 1. The molecule has 4 rings (SSSR count). The Morgan fingerprint density at radius 3 is 2.41 bits per heavy atom. The van der Waals surface area contributed by atoms with Crippen LogP contribution in [0, 0.1) is 0 Å². The van der Waals surface area contributed by atoms with Gasteiger partial charge < -0.3 is 5.32 Å². The van der Waals surface area contributed by atoms with E-state index in [1.54, 1.807) is 36.3 Å². The van der Waals surface area contributed by atoms with E-state index in [0.717, 1.165) is 36.7 Å². The van der Waals surface area contributed by atoms with Gasteiger partial charge in [0.15, 0.2) is 5.78 Å². The molecule has 1 N–H and O–H groups in total. The van der Waals surface area contributed by atoms with Crippen molar-refractivity contribution in [3.8, 4) is 0 Å². The number of rotatable bonds is 5. The second-order valence-corrected chi connectivity index (χ2v) is 8.21. The summed E-state index contributed by atoms with van der Waals surface area (Å²) in [6.45, 7) is 2.01. The number of hydrogen-bond donors (Lipinski definition) is 1. The van der Waals surface area contributed by atoms with Crippen molar-refractivity contribution in [3.63, 3.8) is 0 Å². The van der Waals surface area contributed by atoms with E-state index in [4.69, 9.17) is 11.6 Å². The molecule has 2 aromatic carbocycles. The van der Waals surface area contributed by atoms with Gasteiger partial charge in [-0.1, -0.05) is 49.4 Å². The molecule has 0 fully saturated rings. The van der Waals surface area contributed by atoms with Gasteiger partial charge in [0.25, 0.3) is 0 Å². The van der Waals surface area contributed by atoms with Crippen molar-refractivity contribution in [2.75, 3.05) is 13.1 Å². The Kier molecular flexibility index (Phi) is 7.48. The molecular formula is C24H25ClN2OS. The van der Waals surface area contributed by atoms with Gasteiger partial charge in [-0.05, 0) is 60.8 Å². The number of thioether (sulfide) groups is 1. The van der Waals surface area contributed by atoms with Gasteiger partial charge >= 0.3 is 0 Å². The predicted molar refractivity (Wildman–Crippen MR) is 122 cm³/mol. The van der Waals surface area contributed by atoms with Gasteiger partial charge in [0.2, 0.25) is 0 Å². The third kappa shape index (κ3) is 5.08. The number of benzene rings is 2. The van der Waals surface area contributed by atoms with E-state index in [9.17, 15) is 4.79 Å². The van der Waals surface area contributed by atoms with Gasteiger partial charge in [-0.2, -0.15) is 0 Å². The lowest BCUT2D eigenvalue weighted by molar-refractivity contribution is 0.103. The number of halogens is 1. The van der Waals surface area contributed by atoms with Gasteiger partial charge in [-0.15, -0.1) is 11.8 Å². The lowest BCUT2D eigenvalue weighted by Gasteiger charge is -2.14. The lowest BCUT2D eigenvalue weighted by atomic mass is 10.0. The quantitative estimate of drug-likeness (QED) is 0.428. The molecule has 29 heavy (non-hydrogen) atoms. The molecule has 0 bridgehead atoms. The summed E-state index contributed by atoms with van der Waals surface area (Å²) in [5.41, 5.74) is 5.31. The molecule has 0 saturated heterocycles. The normalized spacial score (nSPS) is 13.1. The Balaban J connectivity index is 0.00000240. The zero-order valence-electron chi connectivity index (χ0n) is 15.5. The minimum Gasteiger partial charge on any atom is -0.316 e. The van der Waals surface area contributed by atoms with E-state index >= 15 is 0 Å². The van der Waals surface area contributed by atoms with Gasteiger partial charge in [0, 0.05) is 34.2 Å². The highest BCUT2D eigenvalue weighted by atomic mass is 35.5. The maximum Gasteiger partial charge on any atom is 0.193 e. The standard InChI is InChI=1S/C23H21ClN2OS.CH4/c24-21-6-5-17-7-11-26-14-10-20(17)23(21)28-15-16-1-3-18(4-2-16)22(27)19-8-12-25-13-9-19;/h1-6,8-9,12-13,26H,7,10-11,14-15H2;1H4. The summed E-state index contributed by atoms with van der Waals surface area (Å²) >= 11 is 8.31. The van der Waals surface area contributed by atoms with Crippen LogP contribution in [0.4, 0.5) is 0 Å². The fraction of sp³-hybridized carbons (Fsp3) is 0.250. The summed E-state index contributed by atoms with van der Waals surface area (Å²) in [5.74, 6) is 0.846. The first-order chi connectivity index (χ1) is 13.7. The Morgan fingerprint density at radius 2 is 1.66 bits per heavy atom. The molecule has 3 nitrogen and oxygen atoms in total. The van der Waals surface area contributed by atoms with E-state index in [2.05, 4.69) is 16.4 Å². The number of fused-ring (bicyclic) bond motifs is 1. The van der Waals surface area contributed by atoms with Gasteiger partial charge in [0.05, 0.1) is 5.02 Å².